The number of halogens is 1. The van der Waals surface area contributed by atoms with Crippen molar-refractivity contribution in [2.24, 2.45) is 0 Å². The molecule has 7 heteroatoms. The summed E-state index contributed by atoms with van der Waals surface area (Å²) in [6, 6.07) is 8.59. The molecule has 1 aromatic heterocycles. The smallest absolute Gasteiger partial charge is 0.290 e. The summed E-state index contributed by atoms with van der Waals surface area (Å²) in [5, 5.41) is 3.81. The quantitative estimate of drug-likeness (QED) is 0.863. The molecule has 0 spiro atoms. The highest BCUT2D eigenvalue weighted by Crippen LogP contribution is 2.37. The third-order valence-electron chi connectivity index (χ3n) is 4.88. The molecule has 2 amide bonds. The van der Waals surface area contributed by atoms with Crippen molar-refractivity contribution in [2.75, 3.05) is 12.3 Å². The summed E-state index contributed by atoms with van der Waals surface area (Å²) in [5.74, 6) is 0.885. The lowest BCUT2D eigenvalue weighted by atomic mass is 10.0. The topological polar surface area (TPSA) is 62.6 Å². The summed E-state index contributed by atoms with van der Waals surface area (Å²) in [6.07, 6.45) is 3.80. The molecule has 2 aliphatic rings. The van der Waals surface area contributed by atoms with Crippen LogP contribution in [0.15, 0.2) is 45.9 Å². The second kappa shape index (κ2) is 7.37. The van der Waals surface area contributed by atoms with Gasteiger partial charge in [-0.15, -0.1) is 11.8 Å². The van der Waals surface area contributed by atoms with Crippen LogP contribution in [0.25, 0.3) is 0 Å². The molecule has 0 saturated carbocycles. The molecule has 1 saturated heterocycles. The molecular weight excluding hydrogens is 372 g/mol. The van der Waals surface area contributed by atoms with Crippen LogP contribution in [0.2, 0.25) is 5.02 Å². The predicted octanol–water partition coefficient (Wildman–Crippen LogP) is 3.89. The Morgan fingerprint density at radius 2 is 2.15 bits per heavy atom. The van der Waals surface area contributed by atoms with Crippen LogP contribution in [0.4, 0.5) is 0 Å². The maximum Gasteiger partial charge on any atom is 0.290 e. The lowest BCUT2D eigenvalue weighted by molar-refractivity contribution is -0.125. The number of fused-ring (bicyclic) bond motifs is 1. The number of hydrogen-bond donors (Lipinski definition) is 1. The summed E-state index contributed by atoms with van der Waals surface area (Å²) in [6.45, 7) is 0.570. The van der Waals surface area contributed by atoms with E-state index in [9.17, 15) is 9.59 Å². The van der Waals surface area contributed by atoms with E-state index in [1.807, 2.05) is 18.2 Å². The van der Waals surface area contributed by atoms with Crippen LogP contribution < -0.4 is 5.32 Å². The van der Waals surface area contributed by atoms with E-state index in [0.29, 0.717) is 18.0 Å². The first-order valence-electron chi connectivity index (χ1n) is 8.70. The average Bonchev–Trinajstić information content (AvgIpc) is 3.33. The Bertz CT molecular complexity index is 824. The minimum absolute atomic E-state index is 0.0707. The normalized spacial score (nSPS) is 22.1. The van der Waals surface area contributed by atoms with Crippen LogP contribution in [0, 0.1) is 0 Å². The Balaban J connectivity index is 1.50. The fourth-order valence-corrected chi connectivity index (χ4v) is 4.89. The van der Waals surface area contributed by atoms with Crippen molar-refractivity contribution < 1.29 is 14.0 Å². The molecule has 136 valence electrons. The fourth-order valence-electron chi connectivity index (χ4n) is 3.61. The highest BCUT2D eigenvalue weighted by atomic mass is 35.5. The molecule has 0 aliphatic carbocycles. The summed E-state index contributed by atoms with van der Waals surface area (Å²) in [7, 11) is 0. The molecule has 1 fully saturated rings. The number of benzene rings is 1. The molecule has 26 heavy (non-hydrogen) atoms. The zero-order valence-electron chi connectivity index (χ0n) is 14.1. The maximum absolute atomic E-state index is 12.9. The van der Waals surface area contributed by atoms with Crippen LogP contribution in [-0.2, 0) is 4.79 Å². The SMILES string of the molecule is O=C(N[C@@H]1CCSc2ccc(Cl)cc21)[C@H]1CCCN1C(=O)c1ccco1. The van der Waals surface area contributed by atoms with Gasteiger partial charge in [0.15, 0.2) is 5.76 Å². The number of nitrogens with zero attached hydrogens (tertiary/aromatic N) is 1. The van der Waals surface area contributed by atoms with Gasteiger partial charge in [-0.05, 0) is 55.2 Å². The van der Waals surface area contributed by atoms with Crippen molar-refractivity contribution in [3.63, 3.8) is 0 Å². The van der Waals surface area contributed by atoms with E-state index >= 15 is 0 Å². The van der Waals surface area contributed by atoms with Crippen LogP contribution in [-0.4, -0.2) is 35.1 Å². The van der Waals surface area contributed by atoms with Crippen molar-refractivity contribution in [1.82, 2.24) is 10.2 Å². The Labute approximate surface area is 161 Å². The van der Waals surface area contributed by atoms with Gasteiger partial charge in [-0.25, -0.2) is 0 Å². The van der Waals surface area contributed by atoms with Crippen molar-refractivity contribution >= 4 is 35.2 Å². The molecule has 0 radical (unpaired) electrons. The minimum atomic E-state index is -0.454. The van der Waals surface area contributed by atoms with Gasteiger partial charge in [0.2, 0.25) is 5.91 Å². The number of carbonyl (C=O) groups is 2. The Kier molecular flexibility index (Phi) is 4.96. The fraction of sp³-hybridized carbons (Fsp3) is 0.368. The third kappa shape index (κ3) is 3.35. The molecule has 2 aromatic rings. The van der Waals surface area contributed by atoms with Gasteiger partial charge < -0.3 is 14.6 Å². The second-order valence-electron chi connectivity index (χ2n) is 6.51. The molecule has 0 unspecified atom stereocenters. The van der Waals surface area contributed by atoms with Crippen molar-refractivity contribution in [1.29, 1.82) is 0 Å². The van der Waals surface area contributed by atoms with Gasteiger partial charge in [-0.1, -0.05) is 11.6 Å². The van der Waals surface area contributed by atoms with Crippen LogP contribution in [0.5, 0.6) is 0 Å². The van der Waals surface area contributed by atoms with Gasteiger partial charge in [0.1, 0.15) is 6.04 Å². The zero-order valence-corrected chi connectivity index (χ0v) is 15.7. The second-order valence-corrected chi connectivity index (χ2v) is 8.09. The number of nitrogens with one attached hydrogen (secondary N) is 1. The van der Waals surface area contributed by atoms with Gasteiger partial charge in [0, 0.05) is 22.2 Å². The maximum atomic E-state index is 12.9. The van der Waals surface area contributed by atoms with Crippen molar-refractivity contribution in [3.05, 3.63) is 52.9 Å². The van der Waals surface area contributed by atoms with Crippen molar-refractivity contribution in [2.45, 2.75) is 36.2 Å². The van der Waals surface area contributed by atoms with Crippen LogP contribution in [0.1, 0.15) is 41.4 Å². The Morgan fingerprint density at radius 1 is 1.27 bits per heavy atom. The number of rotatable bonds is 3. The molecule has 1 N–H and O–H groups in total. The summed E-state index contributed by atoms with van der Waals surface area (Å²) in [5.41, 5.74) is 1.06. The number of carbonyl (C=O) groups excluding carboxylic acids is 2. The molecular formula is C19H19ClN2O3S. The molecule has 3 heterocycles. The van der Waals surface area contributed by atoms with Crippen molar-refractivity contribution in [3.8, 4) is 0 Å². The van der Waals surface area contributed by atoms with Crippen LogP contribution in [0.3, 0.4) is 0 Å². The first-order chi connectivity index (χ1) is 12.6. The Morgan fingerprint density at radius 3 is 2.96 bits per heavy atom. The summed E-state index contributed by atoms with van der Waals surface area (Å²) < 4.78 is 5.21. The average molecular weight is 391 g/mol. The highest BCUT2D eigenvalue weighted by Gasteiger charge is 2.36. The van der Waals surface area contributed by atoms with E-state index in [2.05, 4.69) is 5.32 Å². The first kappa shape index (κ1) is 17.5. The highest BCUT2D eigenvalue weighted by molar-refractivity contribution is 7.99. The number of amides is 2. The molecule has 2 aliphatic heterocycles. The van der Waals surface area contributed by atoms with E-state index in [4.69, 9.17) is 16.0 Å². The minimum Gasteiger partial charge on any atom is -0.459 e. The monoisotopic (exact) mass is 390 g/mol. The molecule has 5 nitrogen and oxygen atoms in total. The lowest BCUT2D eigenvalue weighted by Crippen LogP contribution is -2.47. The van der Waals surface area contributed by atoms with Crippen LogP contribution >= 0.6 is 23.4 Å². The van der Waals surface area contributed by atoms with E-state index in [1.54, 1.807) is 28.8 Å². The van der Waals surface area contributed by atoms with Gasteiger partial charge in [0.05, 0.1) is 12.3 Å². The standard InChI is InChI=1S/C19H19ClN2O3S/c20-12-5-6-17-13(11-12)14(7-10-26-17)21-18(23)15-3-1-8-22(15)19(24)16-4-2-9-25-16/h2,4-6,9,11,14-15H,1,3,7-8,10H2,(H,21,23)/t14-,15-/m1/s1. The number of likely N-dealkylation sites (tertiary alicyclic amines) is 1. The lowest BCUT2D eigenvalue weighted by Gasteiger charge is -2.29. The molecule has 1 aromatic carbocycles. The van der Waals surface area contributed by atoms with E-state index in [0.717, 1.165) is 29.1 Å². The van der Waals surface area contributed by atoms with Gasteiger partial charge in [-0.3, -0.25) is 9.59 Å². The third-order valence-corrected chi connectivity index (χ3v) is 6.23. The number of hydrogen-bond acceptors (Lipinski definition) is 4. The van der Waals surface area contributed by atoms with Gasteiger partial charge in [-0.2, -0.15) is 0 Å². The van der Waals surface area contributed by atoms with E-state index < -0.39 is 6.04 Å². The summed E-state index contributed by atoms with van der Waals surface area (Å²) >= 11 is 7.92. The number of furan rings is 1. The molecule has 4 rings (SSSR count). The number of thioether (sulfide) groups is 1. The first-order valence-corrected chi connectivity index (χ1v) is 10.1. The summed E-state index contributed by atoms with van der Waals surface area (Å²) in [4.78, 5) is 28.3. The molecule has 0 bridgehead atoms. The molecule has 2 atom stereocenters. The predicted molar refractivity (Wildman–Crippen MR) is 100 cm³/mol. The van der Waals surface area contributed by atoms with Gasteiger partial charge >= 0.3 is 0 Å². The Hall–Kier alpha value is -1.92. The van der Waals surface area contributed by atoms with E-state index in [1.165, 1.54) is 6.26 Å². The zero-order chi connectivity index (χ0) is 18.1. The largest absolute Gasteiger partial charge is 0.459 e. The van der Waals surface area contributed by atoms with E-state index in [-0.39, 0.29) is 23.6 Å². The van der Waals surface area contributed by atoms with Gasteiger partial charge in [0.25, 0.3) is 5.91 Å².